The van der Waals surface area contributed by atoms with E-state index in [9.17, 15) is 4.39 Å². The van der Waals surface area contributed by atoms with Crippen molar-refractivity contribution in [2.24, 2.45) is 0 Å². The Bertz CT molecular complexity index is 617. The Morgan fingerprint density at radius 1 is 1.21 bits per heavy atom. The van der Waals surface area contributed by atoms with Gasteiger partial charge in [0.05, 0.1) is 18.5 Å². The van der Waals surface area contributed by atoms with Crippen LogP contribution in [-0.4, -0.2) is 7.11 Å². The smallest absolute Gasteiger partial charge is 0.167 e. The van der Waals surface area contributed by atoms with Crippen LogP contribution >= 0.6 is 15.9 Å². The first-order valence-corrected chi connectivity index (χ1v) is 6.46. The maximum atomic E-state index is 13.5. The lowest BCUT2D eigenvalue weighted by Crippen LogP contribution is -2.00. The summed E-state index contributed by atoms with van der Waals surface area (Å²) in [5, 5.41) is 3.18. The Kier molecular flexibility index (Phi) is 3.95. The van der Waals surface area contributed by atoms with Crippen molar-refractivity contribution in [3.8, 4) is 5.75 Å². The fraction of sp³-hybridized carbons (Fsp3) is 0.143. The SMILES string of the molecule is COc1cc(Nc2cc(Br)ccc2C)c(N)cc1F. The Morgan fingerprint density at radius 3 is 2.63 bits per heavy atom. The van der Waals surface area contributed by atoms with E-state index in [1.165, 1.54) is 13.2 Å². The van der Waals surface area contributed by atoms with Gasteiger partial charge in [-0.25, -0.2) is 4.39 Å². The van der Waals surface area contributed by atoms with Crippen molar-refractivity contribution < 1.29 is 9.13 Å². The van der Waals surface area contributed by atoms with Crippen LogP contribution in [-0.2, 0) is 0 Å². The van der Waals surface area contributed by atoms with E-state index < -0.39 is 5.82 Å². The maximum absolute atomic E-state index is 13.5. The quantitative estimate of drug-likeness (QED) is 0.830. The zero-order valence-corrected chi connectivity index (χ0v) is 12.2. The van der Waals surface area contributed by atoms with Crippen LogP contribution in [0.2, 0.25) is 0 Å². The third-order valence-electron chi connectivity index (χ3n) is 2.79. The third-order valence-corrected chi connectivity index (χ3v) is 3.29. The van der Waals surface area contributed by atoms with E-state index in [0.29, 0.717) is 11.4 Å². The zero-order valence-electron chi connectivity index (χ0n) is 10.6. The molecule has 100 valence electrons. The molecule has 2 rings (SSSR count). The average Bonchev–Trinajstić information content (AvgIpc) is 2.37. The van der Waals surface area contributed by atoms with Gasteiger partial charge in [-0.3, -0.25) is 0 Å². The van der Waals surface area contributed by atoms with Crippen LogP contribution in [0.4, 0.5) is 21.5 Å². The molecule has 0 aliphatic carbocycles. The molecule has 2 aromatic carbocycles. The van der Waals surface area contributed by atoms with E-state index >= 15 is 0 Å². The minimum absolute atomic E-state index is 0.157. The van der Waals surface area contributed by atoms with Crippen molar-refractivity contribution in [3.05, 3.63) is 46.2 Å². The zero-order chi connectivity index (χ0) is 14.0. The molecule has 0 amide bonds. The number of nitrogens with one attached hydrogen (secondary N) is 1. The van der Waals surface area contributed by atoms with Crippen LogP contribution in [0.25, 0.3) is 0 Å². The largest absolute Gasteiger partial charge is 0.494 e. The second kappa shape index (κ2) is 5.48. The molecule has 0 spiro atoms. The lowest BCUT2D eigenvalue weighted by molar-refractivity contribution is 0.387. The standard InChI is InChI=1S/C14H14BrFN2O/c1-8-3-4-9(15)5-12(8)18-13-7-14(19-2)10(16)6-11(13)17/h3-7,18H,17H2,1-2H3. The Morgan fingerprint density at radius 2 is 1.95 bits per heavy atom. The third kappa shape index (κ3) is 2.98. The molecule has 19 heavy (non-hydrogen) atoms. The number of nitrogens with two attached hydrogens (primary N) is 1. The Hall–Kier alpha value is -1.75. The van der Waals surface area contributed by atoms with E-state index in [2.05, 4.69) is 21.2 Å². The number of rotatable bonds is 3. The van der Waals surface area contributed by atoms with Gasteiger partial charge in [0, 0.05) is 22.3 Å². The van der Waals surface area contributed by atoms with Gasteiger partial charge in [-0.15, -0.1) is 0 Å². The lowest BCUT2D eigenvalue weighted by atomic mass is 10.2. The maximum Gasteiger partial charge on any atom is 0.167 e. The van der Waals surface area contributed by atoms with Crippen LogP contribution in [0.1, 0.15) is 5.56 Å². The predicted molar refractivity (Wildman–Crippen MR) is 79.5 cm³/mol. The number of hydrogen-bond acceptors (Lipinski definition) is 3. The highest BCUT2D eigenvalue weighted by molar-refractivity contribution is 9.10. The molecule has 3 nitrogen and oxygen atoms in total. The molecule has 2 aromatic rings. The molecule has 5 heteroatoms. The monoisotopic (exact) mass is 324 g/mol. The van der Waals surface area contributed by atoms with Gasteiger partial charge < -0.3 is 15.8 Å². The molecule has 0 unspecified atom stereocenters. The predicted octanol–water partition coefficient (Wildman–Crippen LogP) is 4.23. The van der Waals surface area contributed by atoms with E-state index in [-0.39, 0.29) is 5.75 Å². The summed E-state index contributed by atoms with van der Waals surface area (Å²) in [6.45, 7) is 1.98. The molecule has 0 fully saturated rings. The number of halogens is 2. The summed E-state index contributed by atoms with van der Waals surface area (Å²) >= 11 is 3.41. The summed E-state index contributed by atoms with van der Waals surface area (Å²) in [4.78, 5) is 0. The van der Waals surface area contributed by atoms with Gasteiger partial charge in [-0.05, 0) is 24.6 Å². The normalized spacial score (nSPS) is 10.3. The number of nitrogen functional groups attached to an aromatic ring is 1. The van der Waals surface area contributed by atoms with Crippen LogP contribution in [0.3, 0.4) is 0 Å². The summed E-state index contributed by atoms with van der Waals surface area (Å²) in [5.74, 6) is -0.319. The fourth-order valence-electron chi connectivity index (χ4n) is 1.71. The lowest BCUT2D eigenvalue weighted by Gasteiger charge is -2.14. The number of methoxy groups -OCH3 is 1. The summed E-state index contributed by atoms with van der Waals surface area (Å²) < 4.78 is 19.4. The van der Waals surface area contributed by atoms with Gasteiger partial charge in [0.15, 0.2) is 11.6 Å². The first kappa shape index (κ1) is 13.7. The molecular weight excluding hydrogens is 311 g/mol. The summed E-state index contributed by atoms with van der Waals surface area (Å²) in [5.41, 5.74) is 8.71. The van der Waals surface area contributed by atoms with Crippen molar-refractivity contribution in [2.75, 3.05) is 18.2 Å². The van der Waals surface area contributed by atoms with Gasteiger partial charge in [-0.1, -0.05) is 22.0 Å². The van der Waals surface area contributed by atoms with E-state index in [4.69, 9.17) is 10.5 Å². The molecular formula is C14H14BrFN2O. The second-order valence-corrected chi connectivity index (χ2v) is 5.07. The van der Waals surface area contributed by atoms with Crippen molar-refractivity contribution in [2.45, 2.75) is 6.92 Å². The molecule has 0 bridgehead atoms. The average molecular weight is 325 g/mol. The van der Waals surface area contributed by atoms with Gasteiger partial charge >= 0.3 is 0 Å². The van der Waals surface area contributed by atoms with Crippen molar-refractivity contribution >= 4 is 33.0 Å². The summed E-state index contributed by atoms with van der Waals surface area (Å²) in [6.07, 6.45) is 0. The minimum atomic E-state index is -0.475. The highest BCUT2D eigenvalue weighted by atomic mass is 79.9. The van der Waals surface area contributed by atoms with Crippen LogP contribution < -0.4 is 15.8 Å². The number of aryl methyl sites for hydroxylation is 1. The molecule has 0 aromatic heterocycles. The molecule has 3 N–H and O–H groups in total. The van der Waals surface area contributed by atoms with Gasteiger partial charge in [0.1, 0.15) is 0 Å². The topological polar surface area (TPSA) is 47.3 Å². The molecule has 0 heterocycles. The van der Waals surface area contributed by atoms with Gasteiger partial charge in [0.2, 0.25) is 0 Å². The van der Waals surface area contributed by atoms with Crippen LogP contribution in [0.5, 0.6) is 5.75 Å². The number of benzene rings is 2. The van der Waals surface area contributed by atoms with Crippen molar-refractivity contribution in [1.82, 2.24) is 0 Å². The van der Waals surface area contributed by atoms with E-state index in [1.807, 2.05) is 25.1 Å². The summed E-state index contributed by atoms with van der Waals surface area (Å²) in [6, 6.07) is 8.66. The Labute approximate surface area is 119 Å². The van der Waals surface area contributed by atoms with Crippen molar-refractivity contribution in [1.29, 1.82) is 0 Å². The van der Waals surface area contributed by atoms with Gasteiger partial charge in [-0.2, -0.15) is 0 Å². The van der Waals surface area contributed by atoms with E-state index in [0.717, 1.165) is 15.7 Å². The van der Waals surface area contributed by atoms with Crippen molar-refractivity contribution in [3.63, 3.8) is 0 Å². The first-order chi connectivity index (χ1) is 9.01. The highest BCUT2D eigenvalue weighted by Crippen LogP contribution is 2.32. The minimum Gasteiger partial charge on any atom is -0.494 e. The molecule has 0 saturated heterocycles. The molecule has 0 radical (unpaired) electrons. The second-order valence-electron chi connectivity index (χ2n) is 4.16. The fourth-order valence-corrected chi connectivity index (χ4v) is 2.07. The number of hydrogen-bond donors (Lipinski definition) is 2. The molecule has 0 aliphatic heterocycles. The molecule has 0 atom stereocenters. The van der Waals surface area contributed by atoms with Crippen LogP contribution in [0, 0.1) is 12.7 Å². The first-order valence-electron chi connectivity index (χ1n) is 5.67. The molecule has 0 aliphatic rings. The van der Waals surface area contributed by atoms with Crippen LogP contribution in [0.15, 0.2) is 34.8 Å². The van der Waals surface area contributed by atoms with Gasteiger partial charge in [0.25, 0.3) is 0 Å². The Balaban J connectivity index is 2.40. The van der Waals surface area contributed by atoms with E-state index in [1.54, 1.807) is 6.07 Å². The summed E-state index contributed by atoms with van der Waals surface area (Å²) in [7, 11) is 1.42. The number of ether oxygens (including phenoxy) is 1. The molecule has 0 saturated carbocycles. The highest BCUT2D eigenvalue weighted by Gasteiger charge is 2.09. The number of anilines is 3.